The van der Waals surface area contributed by atoms with E-state index in [1.807, 2.05) is 13.8 Å². The standard InChI is InChI=1S/C5H5NO2.C3H6O2.C3H6O.C2H3NS.C2H6.CH5N.CH4S.CH4/c1-6-4(7)2-3-5(6)8;1-3(4)5-2;1-3(2)4;1-3-2-4;3*1-2;/h2-3H,1H3;1-2H3;1-2H3;1H3;1-2H3;2H2,1H3;2H,1H3;1H4. The van der Waals surface area contributed by atoms with Crippen LogP contribution in [0.4, 0.5) is 0 Å². The minimum atomic E-state index is -0.245. The van der Waals surface area contributed by atoms with Crippen LogP contribution >= 0.6 is 24.8 Å². The van der Waals surface area contributed by atoms with Gasteiger partial charge in [0.05, 0.1) is 12.3 Å². The molecule has 2 amide bonds. The summed E-state index contributed by atoms with van der Waals surface area (Å²) in [6, 6.07) is 0. The fraction of sp³-hybridized carbons (Fsp3) is 0.611. The Labute approximate surface area is 182 Å². The van der Waals surface area contributed by atoms with Crippen molar-refractivity contribution in [3.63, 3.8) is 0 Å². The fourth-order valence-corrected chi connectivity index (χ4v) is 0.475. The average Bonchev–Trinajstić information content (AvgIpc) is 2.97. The number of carbonyl (C=O) groups excluding carboxylic acids is 4. The molecule has 10 heteroatoms. The van der Waals surface area contributed by atoms with Crippen molar-refractivity contribution in [2.24, 2.45) is 10.7 Å². The maximum absolute atomic E-state index is 10.4. The number of isothiocyanates is 1. The van der Waals surface area contributed by atoms with Gasteiger partial charge < -0.3 is 15.3 Å². The molecule has 0 saturated carbocycles. The van der Waals surface area contributed by atoms with E-state index in [4.69, 9.17) is 0 Å². The topological polar surface area (TPSA) is 119 Å². The highest BCUT2D eigenvalue weighted by Crippen LogP contribution is 1.97. The summed E-state index contributed by atoms with van der Waals surface area (Å²) >= 11 is 7.66. The number of nitrogens with two attached hydrogens (primary N) is 1. The van der Waals surface area contributed by atoms with Crippen LogP contribution in [0.25, 0.3) is 0 Å². The van der Waals surface area contributed by atoms with E-state index in [0.29, 0.717) is 0 Å². The molecule has 0 atom stereocenters. The summed E-state index contributed by atoms with van der Waals surface area (Å²) in [5.41, 5.74) is 4.50. The van der Waals surface area contributed by atoms with Crippen molar-refractivity contribution in [2.45, 2.75) is 42.0 Å². The van der Waals surface area contributed by atoms with Crippen LogP contribution in [-0.4, -0.2) is 68.1 Å². The van der Waals surface area contributed by atoms with E-state index in [1.54, 1.807) is 13.3 Å². The lowest BCUT2D eigenvalue weighted by Crippen LogP contribution is -2.24. The molecule has 1 heterocycles. The largest absolute Gasteiger partial charge is 0.469 e. The number of aliphatic imine (C=N–C) groups is 1. The van der Waals surface area contributed by atoms with E-state index in [0.717, 1.165) is 4.90 Å². The minimum Gasteiger partial charge on any atom is -0.469 e. The minimum absolute atomic E-state index is 0. The SMILES string of the molecule is C.CC.CC(C)=O.CN.CN1C(=O)C=CC1=O.CN=C=S.COC(C)=O.CS. The molecule has 0 aromatic rings. The molecule has 0 spiro atoms. The number of methoxy groups -OCH3 is 1. The van der Waals surface area contributed by atoms with Crippen LogP contribution in [-0.2, 0) is 23.9 Å². The number of nitrogens with zero attached hydrogens (tertiary/aromatic N) is 2. The van der Waals surface area contributed by atoms with Crippen molar-refractivity contribution in [3.8, 4) is 0 Å². The Balaban J connectivity index is -0.0000000395. The molecule has 0 radical (unpaired) electrons. The van der Waals surface area contributed by atoms with Gasteiger partial charge in [-0.15, -0.1) is 0 Å². The molecule has 28 heavy (non-hydrogen) atoms. The number of amides is 2. The molecule has 8 nitrogen and oxygen atoms in total. The predicted molar refractivity (Wildman–Crippen MR) is 125 cm³/mol. The van der Waals surface area contributed by atoms with Crippen molar-refractivity contribution in [1.29, 1.82) is 0 Å². The van der Waals surface area contributed by atoms with Gasteiger partial charge >= 0.3 is 5.97 Å². The maximum atomic E-state index is 10.4. The Kier molecular flexibility index (Phi) is 71.7. The lowest BCUT2D eigenvalue weighted by Gasteiger charge is -2.01. The second-order valence-corrected chi connectivity index (χ2v) is 3.67. The van der Waals surface area contributed by atoms with Crippen LogP contribution in [0.1, 0.15) is 42.0 Å². The number of hydrogen-bond donors (Lipinski definition) is 2. The highest BCUT2D eigenvalue weighted by Gasteiger charge is 2.17. The van der Waals surface area contributed by atoms with E-state index in [2.05, 4.69) is 45.5 Å². The monoisotopic (exact) mass is 441 g/mol. The van der Waals surface area contributed by atoms with Gasteiger partial charge in [-0.2, -0.15) is 12.6 Å². The lowest BCUT2D eigenvalue weighted by molar-refractivity contribution is -0.138. The van der Waals surface area contributed by atoms with Crippen molar-refractivity contribution in [1.82, 2.24) is 4.90 Å². The first-order valence-corrected chi connectivity index (χ1v) is 8.94. The number of ketones is 1. The van der Waals surface area contributed by atoms with Crippen LogP contribution in [0, 0.1) is 0 Å². The van der Waals surface area contributed by atoms with Gasteiger partial charge in [0.15, 0.2) is 0 Å². The number of likely N-dealkylation sites (N-methyl/N-ethyl adjacent to an activating group) is 1. The van der Waals surface area contributed by atoms with E-state index in [-0.39, 0.29) is 31.0 Å². The number of rotatable bonds is 0. The Hall–Kier alpha value is -1.87. The zero-order valence-electron chi connectivity index (χ0n) is 18.0. The molecule has 0 aliphatic carbocycles. The average molecular weight is 442 g/mol. The molecule has 0 bridgehead atoms. The number of Topliss-reactive ketones (excluding diaryl/α,β-unsaturated/α-hetero) is 1. The third-order valence-corrected chi connectivity index (χ3v) is 1.59. The second-order valence-electron chi connectivity index (χ2n) is 3.49. The maximum Gasteiger partial charge on any atom is 0.302 e. The summed E-state index contributed by atoms with van der Waals surface area (Å²) < 4.78 is 4.11. The Morgan fingerprint density at radius 3 is 1.32 bits per heavy atom. The predicted octanol–water partition coefficient (Wildman–Crippen LogP) is 2.82. The summed E-state index contributed by atoms with van der Waals surface area (Å²) in [5.74, 6) is -0.560. The first-order chi connectivity index (χ1) is 12.6. The third kappa shape index (κ3) is 64.7. The molecule has 1 aliphatic rings. The van der Waals surface area contributed by atoms with Gasteiger partial charge in [-0.25, -0.2) is 4.99 Å². The Morgan fingerprint density at radius 1 is 1.11 bits per heavy atom. The van der Waals surface area contributed by atoms with Crippen LogP contribution in [0.15, 0.2) is 17.1 Å². The van der Waals surface area contributed by atoms with Crippen molar-refractivity contribution >= 4 is 53.6 Å². The number of imide groups is 1. The number of hydrogen-bond acceptors (Lipinski definition) is 9. The number of ether oxygens (including phenoxy) is 1. The molecule has 168 valence electrons. The van der Waals surface area contributed by atoms with Crippen LogP contribution in [0.2, 0.25) is 0 Å². The van der Waals surface area contributed by atoms with E-state index in [9.17, 15) is 19.2 Å². The molecular formula is C18H39N3O5S2. The fourth-order valence-electron chi connectivity index (χ4n) is 0.475. The van der Waals surface area contributed by atoms with E-state index >= 15 is 0 Å². The van der Waals surface area contributed by atoms with Gasteiger partial charge in [0, 0.05) is 33.2 Å². The second kappa shape index (κ2) is 44.5. The molecule has 0 aromatic carbocycles. The van der Waals surface area contributed by atoms with Crippen molar-refractivity contribution < 1.29 is 23.9 Å². The molecule has 0 unspecified atom stereocenters. The van der Waals surface area contributed by atoms with E-state index in [1.165, 1.54) is 54.1 Å². The van der Waals surface area contributed by atoms with Crippen molar-refractivity contribution in [2.75, 3.05) is 34.5 Å². The molecule has 0 fully saturated rings. The molecule has 0 aromatic heterocycles. The van der Waals surface area contributed by atoms with Crippen molar-refractivity contribution in [3.05, 3.63) is 12.2 Å². The van der Waals surface area contributed by atoms with Gasteiger partial charge in [0.2, 0.25) is 0 Å². The molecular weight excluding hydrogens is 402 g/mol. The summed E-state index contributed by atoms with van der Waals surface area (Å²) in [5, 5.41) is 2.14. The molecule has 2 N–H and O–H groups in total. The zero-order valence-corrected chi connectivity index (χ0v) is 19.7. The lowest BCUT2D eigenvalue weighted by atomic mass is 10.6. The van der Waals surface area contributed by atoms with Gasteiger partial charge in [-0.05, 0) is 39.4 Å². The Morgan fingerprint density at radius 2 is 1.29 bits per heavy atom. The van der Waals surface area contributed by atoms with Gasteiger partial charge in [-0.1, -0.05) is 21.3 Å². The number of thiocarbonyl (C=S) groups is 1. The highest BCUT2D eigenvalue weighted by molar-refractivity contribution is 7.79. The number of esters is 1. The van der Waals surface area contributed by atoms with Gasteiger partial charge in [-0.3, -0.25) is 19.3 Å². The number of thiol groups is 1. The summed E-state index contributed by atoms with van der Waals surface area (Å²) in [6.07, 6.45) is 4.20. The smallest absolute Gasteiger partial charge is 0.302 e. The van der Waals surface area contributed by atoms with Crippen LogP contribution in [0.3, 0.4) is 0 Å². The van der Waals surface area contributed by atoms with Crippen LogP contribution in [0.5, 0.6) is 0 Å². The van der Waals surface area contributed by atoms with Crippen LogP contribution < -0.4 is 5.73 Å². The first-order valence-electron chi connectivity index (χ1n) is 7.63. The van der Waals surface area contributed by atoms with E-state index < -0.39 is 0 Å². The first kappa shape index (κ1) is 45.1. The highest BCUT2D eigenvalue weighted by atomic mass is 32.1. The molecule has 1 aliphatic heterocycles. The number of carbonyl (C=O) groups is 4. The summed E-state index contributed by atoms with van der Waals surface area (Å²) in [7, 11) is 5.89. The molecule has 1 rings (SSSR count). The quantitative estimate of drug-likeness (QED) is 0.195. The summed E-state index contributed by atoms with van der Waals surface area (Å²) in [4.78, 5) is 44.2. The molecule has 0 saturated heterocycles. The van der Waals surface area contributed by atoms with Gasteiger partial charge in [0.1, 0.15) is 5.78 Å². The Bertz CT molecular complexity index is 429. The third-order valence-electron chi connectivity index (χ3n) is 1.41. The summed E-state index contributed by atoms with van der Waals surface area (Å²) in [6.45, 7) is 8.42. The zero-order chi connectivity index (χ0) is 23.4. The van der Waals surface area contributed by atoms with Gasteiger partial charge in [0.25, 0.3) is 11.8 Å². The normalized spacial score (nSPS) is 8.64.